The number of benzene rings is 1. The Balaban J connectivity index is 0.00000364. The van der Waals surface area contributed by atoms with E-state index in [1.54, 1.807) is 18.4 Å². The Hall–Kier alpha value is -1.39. The average Bonchev–Trinajstić information content (AvgIpc) is 3.01. The highest BCUT2D eigenvalue weighted by Crippen LogP contribution is 2.22. The first kappa shape index (κ1) is 23.6. The molecule has 0 atom stereocenters. The van der Waals surface area contributed by atoms with Crippen LogP contribution in [-0.4, -0.2) is 37.0 Å². The lowest BCUT2D eigenvalue weighted by atomic mass is 10.2. The van der Waals surface area contributed by atoms with E-state index in [0.717, 1.165) is 29.2 Å². The smallest absolute Gasteiger partial charge is 0.226 e. The fourth-order valence-electron chi connectivity index (χ4n) is 2.28. The molecule has 0 aliphatic carbocycles. The molecule has 3 N–H and O–H groups in total. The molecule has 1 heterocycles. The largest absolute Gasteiger partial charge is 0.356 e. The highest BCUT2D eigenvalue weighted by atomic mass is 127. The van der Waals surface area contributed by atoms with E-state index >= 15 is 0 Å². The van der Waals surface area contributed by atoms with Crippen molar-refractivity contribution in [2.45, 2.75) is 26.7 Å². The molecule has 0 radical (unpaired) electrons. The van der Waals surface area contributed by atoms with Crippen LogP contribution < -0.4 is 16.0 Å². The first-order chi connectivity index (χ1) is 12.5. The summed E-state index contributed by atoms with van der Waals surface area (Å²) in [6.45, 7) is 5.16. The highest BCUT2D eigenvalue weighted by Gasteiger charge is 2.07. The monoisotopic (exact) mass is 521 g/mol. The molecule has 0 aliphatic heterocycles. The molecular weight excluding hydrogens is 497 g/mol. The summed E-state index contributed by atoms with van der Waals surface area (Å²) in [6.07, 6.45) is 1.15. The lowest BCUT2D eigenvalue weighted by Crippen LogP contribution is -2.39. The average molecular weight is 522 g/mol. The second-order valence-corrected chi connectivity index (χ2v) is 7.28. The van der Waals surface area contributed by atoms with E-state index in [9.17, 15) is 4.79 Å². The molecule has 27 heavy (non-hydrogen) atoms. The Morgan fingerprint density at radius 3 is 2.63 bits per heavy atom. The number of carbonyl (C=O) groups is 1. The number of amides is 1. The second-order valence-electron chi connectivity index (χ2n) is 5.82. The van der Waals surface area contributed by atoms with Gasteiger partial charge in [-0.25, -0.2) is 4.98 Å². The maximum atomic E-state index is 12.0. The maximum Gasteiger partial charge on any atom is 0.226 e. The molecule has 148 valence electrons. The van der Waals surface area contributed by atoms with Crippen molar-refractivity contribution < 1.29 is 4.79 Å². The van der Waals surface area contributed by atoms with E-state index in [2.05, 4.69) is 31.3 Å². The summed E-state index contributed by atoms with van der Waals surface area (Å²) >= 11 is 7.78. The molecule has 6 nitrogen and oxygen atoms in total. The fourth-order valence-corrected chi connectivity index (χ4v) is 3.21. The Morgan fingerprint density at radius 2 is 2.00 bits per heavy atom. The molecule has 0 saturated heterocycles. The van der Waals surface area contributed by atoms with Crippen LogP contribution in [0.3, 0.4) is 0 Å². The lowest BCUT2D eigenvalue weighted by molar-refractivity contribution is -0.116. The van der Waals surface area contributed by atoms with Gasteiger partial charge in [-0.2, -0.15) is 0 Å². The molecule has 1 aromatic carbocycles. The Kier molecular flexibility index (Phi) is 10.6. The van der Waals surface area contributed by atoms with Crippen molar-refractivity contribution in [1.29, 1.82) is 0 Å². The van der Waals surface area contributed by atoms with E-state index in [1.807, 2.05) is 32.0 Å². The predicted molar refractivity (Wildman–Crippen MR) is 125 cm³/mol. The van der Waals surface area contributed by atoms with E-state index in [-0.39, 0.29) is 29.9 Å². The van der Waals surface area contributed by atoms with Gasteiger partial charge in [-0.3, -0.25) is 9.79 Å². The SMILES string of the molecule is CN=C(NCCC(=O)Nc1ccc(C)cc1Cl)NCCc1csc(C)n1.I. The molecule has 0 spiro atoms. The van der Waals surface area contributed by atoms with Gasteiger partial charge < -0.3 is 16.0 Å². The van der Waals surface area contributed by atoms with Gasteiger partial charge in [-0.15, -0.1) is 35.3 Å². The number of aliphatic imine (C=N–C) groups is 1. The predicted octanol–water partition coefficient (Wildman–Crippen LogP) is 3.77. The Morgan fingerprint density at radius 1 is 1.26 bits per heavy atom. The van der Waals surface area contributed by atoms with Crippen LogP contribution in [0.15, 0.2) is 28.6 Å². The molecule has 0 saturated carbocycles. The van der Waals surface area contributed by atoms with E-state index in [0.29, 0.717) is 29.6 Å². The number of nitrogens with zero attached hydrogens (tertiary/aromatic N) is 2. The number of anilines is 1. The molecule has 2 aromatic rings. The van der Waals surface area contributed by atoms with Crippen LogP contribution in [0.25, 0.3) is 0 Å². The molecule has 0 bridgehead atoms. The topological polar surface area (TPSA) is 78.4 Å². The van der Waals surface area contributed by atoms with Gasteiger partial charge in [0.15, 0.2) is 5.96 Å². The van der Waals surface area contributed by atoms with Gasteiger partial charge >= 0.3 is 0 Å². The molecule has 0 unspecified atom stereocenters. The molecule has 0 fully saturated rings. The normalized spacial score (nSPS) is 10.9. The molecule has 9 heteroatoms. The fraction of sp³-hybridized carbons (Fsp3) is 0.389. The van der Waals surface area contributed by atoms with Gasteiger partial charge in [0.1, 0.15) is 0 Å². The first-order valence-electron chi connectivity index (χ1n) is 8.39. The number of carbonyl (C=O) groups excluding carboxylic acids is 1. The quantitative estimate of drug-likeness (QED) is 0.294. The number of hydrogen-bond donors (Lipinski definition) is 3. The standard InChI is InChI=1S/C18H24ClN5OS.HI/c1-12-4-5-16(15(19)10-12)24-17(25)7-9-22-18(20-3)21-8-6-14-11-26-13(2)23-14;/h4-5,10-11H,6-9H2,1-3H3,(H,24,25)(H2,20,21,22);1H. The first-order valence-corrected chi connectivity index (χ1v) is 9.65. The summed E-state index contributed by atoms with van der Waals surface area (Å²) in [6, 6.07) is 5.55. The van der Waals surface area contributed by atoms with Crippen LogP contribution in [0.4, 0.5) is 5.69 Å². The van der Waals surface area contributed by atoms with Gasteiger partial charge in [0.25, 0.3) is 0 Å². The maximum absolute atomic E-state index is 12.0. The highest BCUT2D eigenvalue weighted by molar-refractivity contribution is 14.0. The van der Waals surface area contributed by atoms with Crippen LogP contribution in [-0.2, 0) is 11.2 Å². The van der Waals surface area contributed by atoms with Crippen LogP contribution in [0.5, 0.6) is 0 Å². The summed E-state index contributed by atoms with van der Waals surface area (Å²) in [5.41, 5.74) is 2.76. The minimum absolute atomic E-state index is 0. The van der Waals surface area contributed by atoms with Crippen molar-refractivity contribution >= 4 is 64.5 Å². The van der Waals surface area contributed by atoms with E-state index in [1.165, 1.54) is 0 Å². The molecule has 0 aliphatic rings. The zero-order valence-electron chi connectivity index (χ0n) is 15.6. The number of thiazole rings is 1. The Bertz CT molecular complexity index is 781. The molecule has 1 aromatic heterocycles. The van der Waals surface area contributed by atoms with Crippen molar-refractivity contribution in [2.75, 3.05) is 25.5 Å². The number of aryl methyl sites for hydroxylation is 2. The minimum Gasteiger partial charge on any atom is -0.356 e. The van der Waals surface area contributed by atoms with Crippen molar-refractivity contribution in [2.24, 2.45) is 4.99 Å². The third kappa shape index (κ3) is 8.44. The summed E-state index contributed by atoms with van der Waals surface area (Å²) in [4.78, 5) is 20.6. The molecule has 2 rings (SSSR count). The van der Waals surface area contributed by atoms with E-state index in [4.69, 9.17) is 11.6 Å². The van der Waals surface area contributed by atoms with Crippen molar-refractivity contribution in [3.63, 3.8) is 0 Å². The number of halogens is 2. The van der Waals surface area contributed by atoms with Gasteiger partial charge in [0.05, 0.1) is 21.4 Å². The van der Waals surface area contributed by atoms with Gasteiger partial charge in [0, 0.05) is 38.4 Å². The van der Waals surface area contributed by atoms with Crippen LogP contribution in [0.2, 0.25) is 5.02 Å². The lowest BCUT2D eigenvalue weighted by Gasteiger charge is -2.12. The summed E-state index contributed by atoms with van der Waals surface area (Å²) < 4.78 is 0. The molecular formula is C18H25ClIN5OS. The zero-order valence-corrected chi connectivity index (χ0v) is 19.5. The molecule has 1 amide bonds. The van der Waals surface area contributed by atoms with Gasteiger partial charge in [-0.05, 0) is 31.5 Å². The van der Waals surface area contributed by atoms with Gasteiger partial charge in [0.2, 0.25) is 5.91 Å². The number of aromatic nitrogens is 1. The van der Waals surface area contributed by atoms with Gasteiger partial charge in [-0.1, -0.05) is 17.7 Å². The van der Waals surface area contributed by atoms with Crippen LogP contribution in [0, 0.1) is 13.8 Å². The summed E-state index contributed by atoms with van der Waals surface area (Å²) in [5.74, 6) is 0.565. The summed E-state index contributed by atoms with van der Waals surface area (Å²) in [5, 5.41) is 12.8. The number of rotatable bonds is 7. The van der Waals surface area contributed by atoms with Crippen LogP contribution in [0.1, 0.15) is 22.7 Å². The number of guanidine groups is 1. The third-order valence-electron chi connectivity index (χ3n) is 3.61. The van der Waals surface area contributed by atoms with Crippen molar-refractivity contribution in [3.05, 3.63) is 44.9 Å². The van der Waals surface area contributed by atoms with Crippen LogP contribution >= 0.6 is 46.9 Å². The number of nitrogens with one attached hydrogen (secondary N) is 3. The minimum atomic E-state index is -0.100. The third-order valence-corrected chi connectivity index (χ3v) is 4.74. The van der Waals surface area contributed by atoms with Crippen molar-refractivity contribution in [3.8, 4) is 0 Å². The zero-order chi connectivity index (χ0) is 18.9. The number of hydrogen-bond acceptors (Lipinski definition) is 4. The second kappa shape index (κ2) is 12.1. The Labute approximate surface area is 186 Å². The van der Waals surface area contributed by atoms with Crippen molar-refractivity contribution in [1.82, 2.24) is 15.6 Å². The summed E-state index contributed by atoms with van der Waals surface area (Å²) in [7, 11) is 1.70. The van der Waals surface area contributed by atoms with E-state index < -0.39 is 0 Å².